The van der Waals surface area contributed by atoms with Gasteiger partial charge < -0.3 is 20.1 Å². The summed E-state index contributed by atoms with van der Waals surface area (Å²) in [5.41, 5.74) is 10.6. The highest BCUT2D eigenvalue weighted by molar-refractivity contribution is 6.45. The third-order valence-corrected chi connectivity index (χ3v) is 5.93. The molecule has 0 spiro atoms. The molecule has 0 fully saturated rings. The number of hydrogen-bond donors (Lipinski definition) is 2. The molecule has 3 aromatic carbocycles. The zero-order chi connectivity index (χ0) is 25.1. The van der Waals surface area contributed by atoms with Crippen LogP contribution < -0.4 is 10.5 Å². The van der Waals surface area contributed by atoms with E-state index < -0.39 is 24.3 Å². The van der Waals surface area contributed by atoms with Crippen molar-refractivity contribution < 1.29 is 24.2 Å². The van der Waals surface area contributed by atoms with Crippen LogP contribution in [0.1, 0.15) is 27.2 Å². The lowest BCUT2D eigenvalue weighted by molar-refractivity contribution is -0.139. The molecule has 1 amide bonds. The Morgan fingerprint density at radius 1 is 1.00 bits per heavy atom. The van der Waals surface area contributed by atoms with Gasteiger partial charge in [-0.1, -0.05) is 67.3 Å². The quantitative estimate of drug-likeness (QED) is 0.279. The minimum absolute atomic E-state index is 0.109. The maximum atomic E-state index is 12.8. The summed E-state index contributed by atoms with van der Waals surface area (Å²) in [6.07, 6.45) is 1.80. The first-order valence-corrected chi connectivity index (χ1v) is 10.9. The summed E-state index contributed by atoms with van der Waals surface area (Å²) < 4.78 is 7.38. The number of nitrogens with zero attached hydrogens (tertiary/aromatic N) is 1. The van der Waals surface area contributed by atoms with E-state index in [4.69, 9.17) is 15.6 Å². The average molecular weight is 469 g/mol. The summed E-state index contributed by atoms with van der Waals surface area (Å²) in [5.74, 6) is -2.92. The molecule has 3 N–H and O–H groups in total. The SMILES string of the molecule is C=Cc1ccccc1-c1ccccc1Cn1c(C)c(C(=O)C(N)=O)c2c(OCC(=O)O)cccc21. The number of hydrogen-bond acceptors (Lipinski definition) is 4. The second-order valence-electron chi connectivity index (χ2n) is 8.02. The van der Waals surface area contributed by atoms with Crippen molar-refractivity contribution in [1.29, 1.82) is 0 Å². The van der Waals surface area contributed by atoms with Crippen LogP contribution in [0, 0.1) is 6.92 Å². The molecule has 0 bridgehead atoms. The predicted molar refractivity (Wildman–Crippen MR) is 134 cm³/mol. The number of primary amides is 1. The lowest BCUT2D eigenvalue weighted by Gasteiger charge is -2.15. The molecule has 0 aliphatic carbocycles. The van der Waals surface area contributed by atoms with Gasteiger partial charge >= 0.3 is 5.97 Å². The van der Waals surface area contributed by atoms with E-state index in [-0.39, 0.29) is 11.3 Å². The fraction of sp³-hybridized carbons (Fsp3) is 0.107. The molecule has 176 valence electrons. The molecule has 4 aromatic rings. The Bertz CT molecular complexity index is 1480. The van der Waals surface area contributed by atoms with Crippen molar-refractivity contribution in [2.45, 2.75) is 13.5 Å². The van der Waals surface area contributed by atoms with Crippen LogP contribution in [-0.2, 0) is 16.1 Å². The number of carbonyl (C=O) groups is 3. The van der Waals surface area contributed by atoms with Gasteiger partial charge in [0.05, 0.1) is 16.5 Å². The lowest BCUT2D eigenvalue weighted by Crippen LogP contribution is -2.24. The van der Waals surface area contributed by atoms with Crippen LogP contribution in [0.2, 0.25) is 0 Å². The molecule has 0 atom stereocenters. The van der Waals surface area contributed by atoms with Gasteiger partial charge in [0.15, 0.2) is 6.61 Å². The Morgan fingerprint density at radius 2 is 1.69 bits per heavy atom. The predicted octanol–water partition coefficient (Wildman–Crippen LogP) is 4.44. The number of aliphatic carboxylic acids is 1. The number of fused-ring (bicyclic) bond motifs is 1. The highest BCUT2D eigenvalue weighted by Gasteiger charge is 2.26. The number of carboxylic acids is 1. The van der Waals surface area contributed by atoms with E-state index in [9.17, 15) is 14.4 Å². The van der Waals surface area contributed by atoms with E-state index in [1.165, 1.54) is 0 Å². The van der Waals surface area contributed by atoms with E-state index in [0.29, 0.717) is 23.1 Å². The average Bonchev–Trinajstić information content (AvgIpc) is 3.14. The molecule has 0 aliphatic heterocycles. The van der Waals surface area contributed by atoms with E-state index in [0.717, 1.165) is 22.3 Å². The van der Waals surface area contributed by atoms with Gasteiger partial charge in [-0.2, -0.15) is 0 Å². The maximum absolute atomic E-state index is 12.8. The van der Waals surface area contributed by atoms with Gasteiger partial charge in [-0.3, -0.25) is 9.59 Å². The zero-order valence-corrected chi connectivity index (χ0v) is 19.2. The van der Waals surface area contributed by atoms with Crippen LogP contribution in [0.3, 0.4) is 0 Å². The van der Waals surface area contributed by atoms with Gasteiger partial charge in [-0.05, 0) is 41.3 Å². The van der Waals surface area contributed by atoms with Gasteiger partial charge in [0.1, 0.15) is 5.75 Å². The van der Waals surface area contributed by atoms with Crippen molar-refractivity contribution >= 4 is 34.6 Å². The molecular formula is C28H24N2O5. The molecule has 7 nitrogen and oxygen atoms in total. The first-order chi connectivity index (χ1) is 16.8. The Morgan fingerprint density at radius 3 is 2.37 bits per heavy atom. The normalized spacial score (nSPS) is 10.8. The number of ether oxygens (including phenoxy) is 1. The fourth-order valence-corrected chi connectivity index (χ4v) is 4.37. The van der Waals surface area contributed by atoms with E-state index in [2.05, 4.69) is 6.58 Å². The van der Waals surface area contributed by atoms with Crippen molar-refractivity contribution in [2.75, 3.05) is 6.61 Å². The molecular weight excluding hydrogens is 444 g/mol. The Hall–Kier alpha value is -4.65. The molecule has 0 saturated carbocycles. The number of Topliss-reactive ketones (excluding diaryl/α,β-unsaturated/α-hetero) is 1. The third-order valence-electron chi connectivity index (χ3n) is 5.93. The van der Waals surface area contributed by atoms with Gasteiger partial charge in [0, 0.05) is 12.2 Å². The number of carbonyl (C=O) groups excluding carboxylic acids is 2. The largest absolute Gasteiger partial charge is 0.481 e. The zero-order valence-electron chi connectivity index (χ0n) is 19.2. The topological polar surface area (TPSA) is 112 Å². The molecule has 0 radical (unpaired) electrons. The van der Waals surface area contributed by atoms with E-state index in [1.807, 2.05) is 53.1 Å². The monoisotopic (exact) mass is 468 g/mol. The first-order valence-electron chi connectivity index (χ1n) is 10.9. The van der Waals surface area contributed by atoms with Crippen LogP contribution in [0.5, 0.6) is 5.75 Å². The minimum Gasteiger partial charge on any atom is -0.481 e. The number of ketones is 1. The molecule has 0 aliphatic rings. The number of aromatic nitrogens is 1. The Labute approximate surface area is 202 Å². The van der Waals surface area contributed by atoms with Crippen molar-refractivity contribution in [3.8, 4) is 16.9 Å². The second kappa shape index (κ2) is 9.69. The van der Waals surface area contributed by atoms with E-state index in [1.54, 1.807) is 31.2 Å². The highest BCUT2D eigenvalue weighted by atomic mass is 16.5. The molecule has 1 heterocycles. The number of rotatable bonds is 9. The highest BCUT2D eigenvalue weighted by Crippen LogP contribution is 2.36. The van der Waals surface area contributed by atoms with Crippen molar-refractivity contribution in [1.82, 2.24) is 4.57 Å². The van der Waals surface area contributed by atoms with Crippen molar-refractivity contribution in [2.24, 2.45) is 5.73 Å². The summed E-state index contributed by atoms with van der Waals surface area (Å²) in [6.45, 7) is 5.45. The van der Waals surface area contributed by atoms with Crippen molar-refractivity contribution in [3.05, 3.63) is 95.7 Å². The first kappa shape index (κ1) is 23.5. The van der Waals surface area contributed by atoms with E-state index >= 15 is 0 Å². The van der Waals surface area contributed by atoms with Crippen LogP contribution in [-0.4, -0.2) is 33.9 Å². The van der Waals surface area contributed by atoms with Gasteiger partial charge in [0.25, 0.3) is 11.7 Å². The molecule has 35 heavy (non-hydrogen) atoms. The van der Waals surface area contributed by atoms with Crippen LogP contribution in [0.4, 0.5) is 0 Å². The molecule has 0 unspecified atom stereocenters. The Balaban J connectivity index is 1.92. The van der Waals surface area contributed by atoms with Gasteiger partial charge in [0.2, 0.25) is 0 Å². The number of amides is 1. The summed E-state index contributed by atoms with van der Waals surface area (Å²) in [5, 5.41) is 9.43. The number of nitrogens with two attached hydrogens (primary N) is 1. The fourth-order valence-electron chi connectivity index (χ4n) is 4.37. The molecule has 0 saturated heterocycles. The lowest BCUT2D eigenvalue weighted by atomic mass is 9.95. The number of carboxylic acid groups (broad SMARTS) is 1. The molecule has 4 rings (SSSR count). The number of benzene rings is 3. The summed E-state index contributed by atoms with van der Waals surface area (Å²) in [6, 6.07) is 20.9. The summed E-state index contributed by atoms with van der Waals surface area (Å²) in [4.78, 5) is 35.8. The maximum Gasteiger partial charge on any atom is 0.341 e. The third kappa shape index (κ3) is 4.44. The van der Waals surface area contributed by atoms with Gasteiger partial charge in [-0.15, -0.1) is 0 Å². The second-order valence-corrected chi connectivity index (χ2v) is 8.02. The smallest absolute Gasteiger partial charge is 0.341 e. The van der Waals surface area contributed by atoms with Crippen molar-refractivity contribution in [3.63, 3.8) is 0 Å². The molecule has 1 aromatic heterocycles. The van der Waals surface area contributed by atoms with Crippen LogP contribution in [0.15, 0.2) is 73.3 Å². The van der Waals surface area contributed by atoms with Gasteiger partial charge in [-0.25, -0.2) is 4.79 Å². The Kier molecular flexibility index (Phi) is 6.51. The summed E-state index contributed by atoms with van der Waals surface area (Å²) in [7, 11) is 0. The minimum atomic E-state index is -1.16. The van der Waals surface area contributed by atoms with Crippen LogP contribution in [0.25, 0.3) is 28.1 Å². The molecule has 7 heteroatoms. The standard InChI is InChI=1S/C28H24N2O5/c1-3-18-9-4-6-11-20(18)21-12-7-5-10-19(21)15-30-17(2)25(27(33)28(29)34)26-22(30)13-8-14-23(26)35-16-24(31)32/h3-14H,1,15-16H2,2H3,(H2,29,34)(H,31,32). The van der Waals surface area contributed by atoms with Crippen LogP contribution >= 0.6 is 0 Å². The summed E-state index contributed by atoms with van der Waals surface area (Å²) >= 11 is 0.